The van der Waals surface area contributed by atoms with Gasteiger partial charge in [-0.25, -0.2) is 9.98 Å². The van der Waals surface area contributed by atoms with Crippen molar-refractivity contribution in [1.29, 1.82) is 0 Å². The summed E-state index contributed by atoms with van der Waals surface area (Å²) in [6.45, 7) is 5.50. The van der Waals surface area contributed by atoms with Crippen molar-refractivity contribution in [3.63, 3.8) is 0 Å². The Morgan fingerprint density at radius 2 is 2.36 bits per heavy atom. The molecular formula is C15H20N6O. The lowest BCUT2D eigenvalue weighted by molar-refractivity contribution is 0.750. The summed E-state index contributed by atoms with van der Waals surface area (Å²) in [6, 6.07) is 1.92. The van der Waals surface area contributed by atoms with Gasteiger partial charge in [-0.15, -0.1) is 0 Å². The van der Waals surface area contributed by atoms with Gasteiger partial charge in [-0.1, -0.05) is 6.92 Å². The van der Waals surface area contributed by atoms with E-state index in [1.54, 1.807) is 12.3 Å². The highest BCUT2D eigenvalue weighted by Crippen LogP contribution is 2.25. The van der Waals surface area contributed by atoms with Crippen LogP contribution in [-0.4, -0.2) is 39.8 Å². The smallest absolute Gasteiger partial charge is 0.261 e. The highest BCUT2D eigenvalue weighted by molar-refractivity contribution is 5.92. The molecule has 0 aromatic carbocycles. The van der Waals surface area contributed by atoms with Gasteiger partial charge in [-0.2, -0.15) is 4.98 Å². The average molecular weight is 300 g/mol. The van der Waals surface area contributed by atoms with Crippen LogP contribution in [0.3, 0.4) is 0 Å². The largest absolute Gasteiger partial charge is 0.339 e. The summed E-state index contributed by atoms with van der Waals surface area (Å²) >= 11 is 0. The van der Waals surface area contributed by atoms with Gasteiger partial charge in [0, 0.05) is 31.0 Å². The maximum atomic E-state index is 12.1. The standard InChI is InChI=1S/C15H20N6O/c1-3-9(2)18-13-12-11(4-6-17-14(12)22)19-15(20-13)21-7-5-10(16)8-21/h4,6,10H,3,5,7-8,16H2,1-2H3,(H,17,22). The molecule has 7 heteroatoms. The Hall–Kier alpha value is -2.28. The minimum Gasteiger partial charge on any atom is -0.339 e. The number of hydrogen-bond donors (Lipinski definition) is 2. The topological polar surface area (TPSA) is 100 Å². The quantitative estimate of drug-likeness (QED) is 0.834. The molecule has 1 aliphatic heterocycles. The van der Waals surface area contributed by atoms with Crippen LogP contribution in [-0.2, 0) is 0 Å². The van der Waals surface area contributed by atoms with E-state index in [1.807, 2.05) is 18.7 Å². The molecule has 22 heavy (non-hydrogen) atoms. The van der Waals surface area contributed by atoms with Crippen molar-refractivity contribution in [2.45, 2.75) is 32.7 Å². The van der Waals surface area contributed by atoms with E-state index in [4.69, 9.17) is 5.73 Å². The van der Waals surface area contributed by atoms with Gasteiger partial charge in [0.15, 0.2) is 5.82 Å². The Labute approximate surface area is 128 Å². The first kappa shape index (κ1) is 14.6. The summed E-state index contributed by atoms with van der Waals surface area (Å²) in [5.74, 6) is 1.02. The normalized spacial score (nSPS) is 19.1. The van der Waals surface area contributed by atoms with E-state index in [0.29, 0.717) is 22.7 Å². The first-order chi connectivity index (χ1) is 10.6. The molecule has 2 aromatic heterocycles. The van der Waals surface area contributed by atoms with Crippen molar-refractivity contribution in [2.24, 2.45) is 10.7 Å². The highest BCUT2D eigenvalue weighted by Gasteiger charge is 2.23. The lowest BCUT2D eigenvalue weighted by atomic mass is 10.2. The molecule has 3 N–H and O–H groups in total. The zero-order valence-electron chi connectivity index (χ0n) is 12.8. The molecule has 0 saturated carbocycles. The Morgan fingerprint density at radius 3 is 3.05 bits per heavy atom. The van der Waals surface area contributed by atoms with Crippen LogP contribution in [0.15, 0.2) is 22.1 Å². The summed E-state index contributed by atoms with van der Waals surface area (Å²) < 4.78 is 0. The maximum absolute atomic E-state index is 12.1. The SMILES string of the molecule is CCC(C)=Nc1nc(N2CCC(N)C2)nc2cc[nH]c(=O)c12. The van der Waals surface area contributed by atoms with E-state index in [2.05, 4.69) is 19.9 Å². The zero-order valence-corrected chi connectivity index (χ0v) is 12.8. The Kier molecular flexibility index (Phi) is 3.89. The van der Waals surface area contributed by atoms with Crippen LogP contribution in [0.1, 0.15) is 26.7 Å². The Bertz CT molecular complexity index is 781. The first-order valence-corrected chi connectivity index (χ1v) is 7.52. The van der Waals surface area contributed by atoms with Crippen LogP contribution in [0.5, 0.6) is 0 Å². The van der Waals surface area contributed by atoms with Crippen LogP contribution in [0, 0.1) is 0 Å². The molecule has 1 atom stereocenters. The molecule has 1 fully saturated rings. The third-order valence-corrected chi connectivity index (χ3v) is 3.90. The summed E-state index contributed by atoms with van der Waals surface area (Å²) in [7, 11) is 0. The molecule has 0 spiro atoms. The predicted molar refractivity (Wildman–Crippen MR) is 88.0 cm³/mol. The van der Waals surface area contributed by atoms with Gasteiger partial charge in [0.25, 0.3) is 5.56 Å². The molecule has 116 valence electrons. The maximum Gasteiger partial charge on any atom is 0.261 e. The lowest BCUT2D eigenvalue weighted by Crippen LogP contribution is -2.27. The number of H-pyrrole nitrogens is 1. The van der Waals surface area contributed by atoms with Gasteiger partial charge in [0.1, 0.15) is 5.39 Å². The average Bonchev–Trinajstić information content (AvgIpc) is 2.93. The van der Waals surface area contributed by atoms with Gasteiger partial charge in [0.2, 0.25) is 5.95 Å². The first-order valence-electron chi connectivity index (χ1n) is 7.52. The van der Waals surface area contributed by atoms with E-state index >= 15 is 0 Å². The monoisotopic (exact) mass is 300 g/mol. The van der Waals surface area contributed by atoms with E-state index < -0.39 is 0 Å². The van der Waals surface area contributed by atoms with Crippen LogP contribution in [0.25, 0.3) is 10.9 Å². The highest BCUT2D eigenvalue weighted by atomic mass is 16.1. The number of pyridine rings is 1. The van der Waals surface area contributed by atoms with E-state index in [0.717, 1.165) is 31.6 Å². The molecule has 0 bridgehead atoms. The fraction of sp³-hybridized carbons (Fsp3) is 0.467. The number of aromatic nitrogens is 3. The number of nitrogens with one attached hydrogen (secondary N) is 1. The number of aromatic amines is 1. The minimum atomic E-state index is -0.218. The fourth-order valence-corrected chi connectivity index (χ4v) is 2.51. The van der Waals surface area contributed by atoms with E-state index in [-0.39, 0.29) is 11.6 Å². The lowest BCUT2D eigenvalue weighted by Gasteiger charge is -2.16. The molecular weight excluding hydrogens is 280 g/mol. The van der Waals surface area contributed by atoms with Crippen molar-refractivity contribution in [1.82, 2.24) is 15.0 Å². The number of nitrogens with zero attached hydrogens (tertiary/aromatic N) is 4. The molecule has 0 amide bonds. The number of hydrogen-bond acceptors (Lipinski definition) is 6. The molecule has 1 saturated heterocycles. The minimum absolute atomic E-state index is 0.141. The zero-order chi connectivity index (χ0) is 15.7. The molecule has 0 aliphatic carbocycles. The van der Waals surface area contributed by atoms with Crippen LogP contribution in [0.2, 0.25) is 0 Å². The molecule has 1 unspecified atom stereocenters. The molecule has 1 aliphatic rings. The van der Waals surface area contributed by atoms with Crippen LogP contribution in [0.4, 0.5) is 11.8 Å². The Morgan fingerprint density at radius 1 is 1.55 bits per heavy atom. The van der Waals surface area contributed by atoms with Gasteiger partial charge in [0.05, 0.1) is 5.52 Å². The van der Waals surface area contributed by atoms with Crippen molar-refractivity contribution in [3.8, 4) is 0 Å². The summed E-state index contributed by atoms with van der Waals surface area (Å²) in [6.07, 6.45) is 3.32. The van der Waals surface area contributed by atoms with Crippen molar-refractivity contribution >= 4 is 28.4 Å². The van der Waals surface area contributed by atoms with Gasteiger partial charge in [-0.3, -0.25) is 4.79 Å². The number of aliphatic imine (C=N–C) groups is 1. The van der Waals surface area contributed by atoms with Crippen LogP contribution < -0.4 is 16.2 Å². The molecule has 3 heterocycles. The van der Waals surface area contributed by atoms with Crippen LogP contribution >= 0.6 is 0 Å². The van der Waals surface area contributed by atoms with Crippen molar-refractivity contribution < 1.29 is 0 Å². The summed E-state index contributed by atoms with van der Waals surface area (Å²) in [4.78, 5) is 30.4. The molecule has 3 rings (SSSR count). The molecule has 7 nitrogen and oxygen atoms in total. The number of fused-ring (bicyclic) bond motifs is 1. The fourth-order valence-electron chi connectivity index (χ4n) is 2.51. The number of rotatable bonds is 3. The number of nitrogens with two attached hydrogens (primary N) is 1. The Balaban J connectivity index is 2.18. The summed E-state index contributed by atoms with van der Waals surface area (Å²) in [5.41, 5.74) is 7.27. The number of anilines is 1. The second kappa shape index (κ2) is 5.84. The predicted octanol–water partition coefficient (Wildman–Crippen LogP) is 1.36. The van der Waals surface area contributed by atoms with Gasteiger partial charge in [-0.05, 0) is 25.8 Å². The van der Waals surface area contributed by atoms with Crippen molar-refractivity contribution in [2.75, 3.05) is 18.0 Å². The third-order valence-electron chi connectivity index (χ3n) is 3.90. The van der Waals surface area contributed by atoms with E-state index in [1.165, 1.54) is 0 Å². The molecule has 2 aromatic rings. The second-order valence-electron chi connectivity index (χ2n) is 5.61. The third kappa shape index (κ3) is 2.71. The van der Waals surface area contributed by atoms with Gasteiger partial charge < -0.3 is 15.6 Å². The van der Waals surface area contributed by atoms with E-state index in [9.17, 15) is 4.79 Å². The van der Waals surface area contributed by atoms with Gasteiger partial charge >= 0.3 is 0 Å². The summed E-state index contributed by atoms with van der Waals surface area (Å²) in [5, 5.41) is 0.433. The second-order valence-corrected chi connectivity index (χ2v) is 5.61. The van der Waals surface area contributed by atoms with Crippen molar-refractivity contribution in [3.05, 3.63) is 22.6 Å². The molecule has 0 radical (unpaired) electrons.